The van der Waals surface area contributed by atoms with Crippen molar-refractivity contribution in [1.29, 1.82) is 0 Å². The van der Waals surface area contributed by atoms with Crippen molar-refractivity contribution < 1.29 is 17.6 Å². The lowest BCUT2D eigenvalue weighted by Gasteiger charge is -2.24. The summed E-state index contributed by atoms with van der Waals surface area (Å²) >= 11 is 0. The molecule has 16 heavy (non-hydrogen) atoms. The third kappa shape index (κ3) is 2.74. The smallest absolute Gasteiger partial charge is 0.207 e. The highest BCUT2D eigenvalue weighted by Crippen LogP contribution is 2.34. The van der Waals surface area contributed by atoms with Crippen molar-refractivity contribution in [1.82, 2.24) is 0 Å². The standard InChI is InChI=1S/C12H14F4/c1-4-11(2,3)8-5-9(12(14,15)16)7-10(13)6-8/h5-7H,4H2,1-3H3. The van der Waals surface area contributed by atoms with Crippen molar-refractivity contribution >= 4 is 0 Å². The maximum atomic E-state index is 13.1. The molecule has 90 valence electrons. The average molecular weight is 234 g/mol. The summed E-state index contributed by atoms with van der Waals surface area (Å²) in [5.74, 6) is -0.841. The van der Waals surface area contributed by atoms with Gasteiger partial charge in [-0.3, -0.25) is 0 Å². The molecule has 0 unspecified atom stereocenters. The predicted octanol–water partition coefficient (Wildman–Crippen LogP) is 4.53. The normalized spacial score (nSPS) is 12.9. The molecular formula is C12H14F4. The van der Waals surface area contributed by atoms with E-state index in [1.807, 2.05) is 6.92 Å². The topological polar surface area (TPSA) is 0 Å². The molecule has 4 heteroatoms. The second-order valence-corrected chi connectivity index (χ2v) is 4.46. The third-order valence-electron chi connectivity index (χ3n) is 2.89. The van der Waals surface area contributed by atoms with Gasteiger partial charge >= 0.3 is 6.18 Å². The minimum Gasteiger partial charge on any atom is -0.207 e. The summed E-state index contributed by atoms with van der Waals surface area (Å²) in [6, 6.07) is 2.71. The van der Waals surface area contributed by atoms with Gasteiger partial charge in [0.2, 0.25) is 0 Å². The molecule has 0 radical (unpaired) electrons. The number of rotatable bonds is 2. The number of halogens is 4. The summed E-state index contributed by atoms with van der Waals surface area (Å²) in [6.07, 6.45) is -3.85. The van der Waals surface area contributed by atoms with Gasteiger partial charge in [0.25, 0.3) is 0 Å². The lowest BCUT2D eigenvalue weighted by atomic mass is 9.81. The van der Waals surface area contributed by atoms with Gasteiger partial charge in [0.1, 0.15) is 5.82 Å². The van der Waals surface area contributed by atoms with Crippen molar-refractivity contribution in [2.75, 3.05) is 0 Å². The van der Waals surface area contributed by atoms with Crippen LogP contribution in [0.4, 0.5) is 17.6 Å². The number of benzene rings is 1. The zero-order valence-electron chi connectivity index (χ0n) is 9.45. The quantitative estimate of drug-likeness (QED) is 0.659. The summed E-state index contributed by atoms with van der Waals surface area (Å²) in [7, 11) is 0. The molecule has 1 aromatic carbocycles. The highest BCUT2D eigenvalue weighted by molar-refractivity contribution is 5.31. The van der Waals surface area contributed by atoms with Gasteiger partial charge in [0.05, 0.1) is 5.56 Å². The van der Waals surface area contributed by atoms with Crippen molar-refractivity contribution in [3.63, 3.8) is 0 Å². The maximum absolute atomic E-state index is 13.1. The van der Waals surface area contributed by atoms with E-state index in [1.54, 1.807) is 13.8 Å². The second kappa shape index (κ2) is 4.07. The van der Waals surface area contributed by atoms with Crippen molar-refractivity contribution in [3.05, 3.63) is 35.1 Å². The molecular weight excluding hydrogens is 220 g/mol. The Balaban J connectivity index is 3.29. The Morgan fingerprint density at radius 2 is 1.50 bits per heavy atom. The van der Waals surface area contributed by atoms with E-state index in [2.05, 4.69) is 0 Å². The molecule has 0 N–H and O–H groups in total. The molecule has 0 aliphatic rings. The van der Waals surface area contributed by atoms with E-state index in [0.717, 1.165) is 6.07 Å². The molecule has 0 saturated carbocycles. The van der Waals surface area contributed by atoms with E-state index < -0.39 is 23.0 Å². The van der Waals surface area contributed by atoms with Crippen LogP contribution < -0.4 is 0 Å². The van der Waals surface area contributed by atoms with Gasteiger partial charge in [0, 0.05) is 0 Å². The fourth-order valence-corrected chi connectivity index (χ4v) is 1.35. The zero-order valence-corrected chi connectivity index (χ0v) is 9.45. The number of hydrogen-bond acceptors (Lipinski definition) is 0. The highest BCUT2D eigenvalue weighted by Gasteiger charge is 2.32. The molecule has 1 aromatic rings. The van der Waals surface area contributed by atoms with E-state index >= 15 is 0 Å². The molecule has 0 heterocycles. The largest absolute Gasteiger partial charge is 0.416 e. The van der Waals surface area contributed by atoms with E-state index in [-0.39, 0.29) is 0 Å². The molecule has 0 amide bonds. The summed E-state index contributed by atoms with van der Waals surface area (Å²) in [4.78, 5) is 0. The van der Waals surface area contributed by atoms with Crippen LogP contribution in [0.2, 0.25) is 0 Å². The molecule has 0 aliphatic carbocycles. The average Bonchev–Trinajstić information content (AvgIpc) is 2.15. The summed E-state index contributed by atoms with van der Waals surface area (Å²) in [6.45, 7) is 5.45. The summed E-state index contributed by atoms with van der Waals surface area (Å²) < 4.78 is 50.5. The molecule has 0 saturated heterocycles. The Labute approximate surface area is 92.3 Å². The van der Waals surface area contributed by atoms with Crippen LogP contribution in [-0.2, 0) is 11.6 Å². The van der Waals surface area contributed by atoms with Gasteiger partial charge in [-0.1, -0.05) is 20.8 Å². The van der Waals surface area contributed by atoms with Gasteiger partial charge in [-0.2, -0.15) is 13.2 Å². The van der Waals surface area contributed by atoms with Crippen molar-refractivity contribution in [3.8, 4) is 0 Å². The molecule has 0 aliphatic heterocycles. The summed E-state index contributed by atoms with van der Waals surface area (Å²) in [5, 5.41) is 0. The van der Waals surface area contributed by atoms with Crippen LogP contribution >= 0.6 is 0 Å². The van der Waals surface area contributed by atoms with Crippen LogP contribution in [-0.4, -0.2) is 0 Å². The van der Waals surface area contributed by atoms with Crippen molar-refractivity contribution in [2.45, 2.75) is 38.8 Å². The Kier molecular flexibility index (Phi) is 3.31. The zero-order chi connectivity index (χ0) is 12.6. The number of alkyl halides is 3. The molecule has 1 rings (SSSR count). The maximum Gasteiger partial charge on any atom is 0.416 e. The Hall–Kier alpha value is -1.06. The Bertz CT molecular complexity index is 377. The van der Waals surface area contributed by atoms with E-state index in [0.29, 0.717) is 18.1 Å². The lowest BCUT2D eigenvalue weighted by molar-refractivity contribution is -0.137. The minimum atomic E-state index is -4.50. The molecule has 0 spiro atoms. The van der Waals surface area contributed by atoms with Crippen LogP contribution in [0.15, 0.2) is 18.2 Å². The SMILES string of the molecule is CCC(C)(C)c1cc(F)cc(C(F)(F)F)c1. The first-order valence-electron chi connectivity index (χ1n) is 5.05. The molecule has 0 bridgehead atoms. The fourth-order valence-electron chi connectivity index (χ4n) is 1.35. The highest BCUT2D eigenvalue weighted by atomic mass is 19.4. The van der Waals surface area contributed by atoms with Crippen LogP contribution in [0.5, 0.6) is 0 Å². The number of hydrogen-bond donors (Lipinski definition) is 0. The van der Waals surface area contributed by atoms with Crippen LogP contribution in [0.25, 0.3) is 0 Å². The first-order chi connectivity index (χ1) is 7.16. The first kappa shape index (κ1) is 13.0. The van der Waals surface area contributed by atoms with E-state index in [1.165, 1.54) is 6.07 Å². The van der Waals surface area contributed by atoms with Crippen LogP contribution in [0.3, 0.4) is 0 Å². The van der Waals surface area contributed by atoms with E-state index in [9.17, 15) is 17.6 Å². The van der Waals surface area contributed by atoms with Gasteiger partial charge in [-0.15, -0.1) is 0 Å². The van der Waals surface area contributed by atoms with E-state index in [4.69, 9.17) is 0 Å². The first-order valence-corrected chi connectivity index (χ1v) is 5.05. The van der Waals surface area contributed by atoms with Crippen LogP contribution in [0.1, 0.15) is 38.3 Å². The van der Waals surface area contributed by atoms with Gasteiger partial charge < -0.3 is 0 Å². The van der Waals surface area contributed by atoms with Gasteiger partial charge in [-0.25, -0.2) is 4.39 Å². The Morgan fingerprint density at radius 1 is 1.00 bits per heavy atom. The Morgan fingerprint density at radius 3 is 1.94 bits per heavy atom. The predicted molar refractivity (Wildman–Crippen MR) is 54.7 cm³/mol. The molecule has 0 fully saturated rings. The molecule has 0 aromatic heterocycles. The second-order valence-electron chi connectivity index (χ2n) is 4.46. The van der Waals surface area contributed by atoms with Gasteiger partial charge in [0.15, 0.2) is 0 Å². The fraction of sp³-hybridized carbons (Fsp3) is 0.500. The summed E-state index contributed by atoms with van der Waals surface area (Å²) in [5.41, 5.74) is -1.01. The monoisotopic (exact) mass is 234 g/mol. The lowest BCUT2D eigenvalue weighted by Crippen LogP contribution is -2.17. The van der Waals surface area contributed by atoms with Crippen molar-refractivity contribution in [2.24, 2.45) is 0 Å². The third-order valence-corrected chi connectivity index (χ3v) is 2.89. The molecule has 0 atom stereocenters. The van der Waals surface area contributed by atoms with Crippen LogP contribution in [0, 0.1) is 5.82 Å². The van der Waals surface area contributed by atoms with Gasteiger partial charge in [-0.05, 0) is 35.6 Å². The molecule has 0 nitrogen and oxygen atoms in total. The minimum absolute atomic E-state index is 0.377.